The molecule has 0 aliphatic carbocycles. The van der Waals surface area contributed by atoms with Crippen LogP contribution in [0.5, 0.6) is 0 Å². The summed E-state index contributed by atoms with van der Waals surface area (Å²) in [6.45, 7) is 9.28. The van der Waals surface area contributed by atoms with Crippen LogP contribution in [0.2, 0.25) is 0 Å². The lowest BCUT2D eigenvalue weighted by Crippen LogP contribution is -2.23. The molecule has 0 bridgehead atoms. The Morgan fingerprint density at radius 2 is 1.67 bits per heavy atom. The molecule has 0 spiro atoms. The van der Waals surface area contributed by atoms with Crippen LogP contribution in [-0.2, 0) is 12.3 Å². The Labute approximate surface area is 131 Å². The fraction of sp³-hybridized carbons (Fsp3) is 0.412. The van der Waals surface area contributed by atoms with E-state index in [1.54, 1.807) is 11.8 Å². The zero-order chi connectivity index (χ0) is 15.2. The third kappa shape index (κ3) is 4.83. The predicted octanol–water partition coefficient (Wildman–Crippen LogP) is 3.88. The zero-order valence-corrected chi connectivity index (χ0v) is 14.0. The molecule has 0 unspecified atom stereocenters. The van der Waals surface area contributed by atoms with Crippen molar-refractivity contribution in [1.29, 1.82) is 0 Å². The van der Waals surface area contributed by atoms with Crippen LogP contribution in [0.15, 0.2) is 35.2 Å². The van der Waals surface area contributed by atoms with E-state index in [0.717, 1.165) is 29.5 Å². The summed E-state index contributed by atoms with van der Waals surface area (Å²) < 4.78 is 0. The van der Waals surface area contributed by atoms with Crippen molar-refractivity contribution in [2.24, 2.45) is 0 Å². The topological polar surface area (TPSA) is 37.8 Å². The average Bonchev–Trinajstić information content (AvgIpc) is 2.45. The number of aryl methyl sites for hydroxylation is 2. The van der Waals surface area contributed by atoms with Gasteiger partial charge in [0.2, 0.25) is 0 Å². The summed E-state index contributed by atoms with van der Waals surface area (Å²) in [7, 11) is 0. The average molecular weight is 301 g/mol. The Morgan fingerprint density at radius 3 is 2.24 bits per heavy atom. The maximum absolute atomic E-state index is 4.66. The highest BCUT2D eigenvalue weighted by molar-refractivity contribution is 7.98. The molecule has 2 rings (SSSR count). The molecule has 0 fully saturated rings. The number of benzene rings is 1. The molecule has 0 radical (unpaired) electrons. The number of nitrogens with zero attached hydrogens (tertiary/aromatic N) is 2. The van der Waals surface area contributed by atoms with Crippen molar-refractivity contribution in [3.63, 3.8) is 0 Å². The third-order valence-corrected chi connectivity index (χ3v) is 4.27. The summed E-state index contributed by atoms with van der Waals surface area (Å²) in [5.41, 5.74) is 3.38. The molecule has 3 nitrogen and oxygen atoms in total. The molecule has 1 aromatic heterocycles. The fourth-order valence-electron chi connectivity index (χ4n) is 2.10. The van der Waals surface area contributed by atoms with Crippen molar-refractivity contribution in [2.75, 3.05) is 0 Å². The van der Waals surface area contributed by atoms with Crippen molar-refractivity contribution in [1.82, 2.24) is 15.3 Å². The third-order valence-electron chi connectivity index (χ3n) is 3.27. The lowest BCUT2D eigenvalue weighted by molar-refractivity contribution is 0.582. The van der Waals surface area contributed by atoms with Gasteiger partial charge in [-0.15, -0.1) is 11.8 Å². The van der Waals surface area contributed by atoms with Crippen LogP contribution in [-0.4, -0.2) is 16.0 Å². The summed E-state index contributed by atoms with van der Waals surface area (Å²) >= 11 is 1.77. The van der Waals surface area contributed by atoms with E-state index in [4.69, 9.17) is 0 Å². The van der Waals surface area contributed by atoms with Crippen LogP contribution >= 0.6 is 11.8 Å². The Kier molecular flexibility index (Phi) is 5.76. The summed E-state index contributed by atoms with van der Waals surface area (Å²) in [5.74, 6) is 1.72. The lowest BCUT2D eigenvalue weighted by atomic mass is 10.1. The van der Waals surface area contributed by atoms with Crippen molar-refractivity contribution in [2.45, 2.75) is 50.9 Å². The summed E-state index contributed by atoms with van der Waals surface area (Å²) in [4.78, 5) is 10.6. The maximum atomic E-state index is 4.66. The summed E-state index contributed by atoms with van der Waals surface area (Å²) in [6, 6.07) is 10.8. The van der Waals surface area contributed by atoms with Gasteiger partial charge in [-0.25, -0.2) is 9.97 Å². The predicted molar refractivity (Wildman–Crippen MR) is 89.5 cm³/mol. The highest BCUT2D eigenvalue weighted by Gasteiger charge is 2.09. The van der Waals surface area contributed by atoms with E-state index in [2.05, 4.69) is 67.2 Å². The smallest absolute Gasteiger partial charge is 0.139 e. The molecule has 0 atom stereocenters. The molecule has 0 aliphatic heterocycles. The van der Waals surface area contributed by atoms with Gasteiger partial charge in [0.05, 0.1) is 5.75 Å². The van der Waals surface area contributed by atoms with Gasteiger partial charge in [-0.05, 0) is 26.0 Å². The summed E-state index contributed by atoms with van der Waals surface area (Å²) in [6.07, 6.45) is 0. The first-order valence-corrected chi connectivity index (χ1v) is 8.29. The SMILES string of the molecule is Cc1nc(CSc2ccccc2)nc(C)c1CNC(C)C. The number of hydrogen-bond acceptors (Lipinski definition) is 4. The van der Waals surface area contributed by atoms with Gasteiger partial charge in [-0.3, -0.25) is 0 Å². The van der Waals surface area contributed by atoms with Crippen LogP contribution in [0.4, 0.5) is 0 Å². The van der Waals surface area contributed by atoms with Gasteiger partial charge in [0.25, 0.3) is 0 Å². The minimum absolute atomic E-state index is 0.470. The van der Waals surface area contributed by atoms with Gasteiger partial charge >= 0.3 is 0 Å². The van der Waals surface area contributed by atoms with Crippen LogP contribution in [0, 0.1) is 13.8 Å². The molecule has 4 heteroatoms. The van der Waals surface area contributed by atoms with Crippen LogP contribution < -0.4 is 5.32 Å². The molecule has 2 aromatic rings. The second kappa shape index (κ2) is 7.57. The second-order valence-electron chi connectivity index (χ2n) is 5.43. The van der Waals surface area contributed by atoms with Gasteiger partial charge in [0.1, 0.15) is 5.82 Å². The first-order chi connectivity index (χ1) is 10.1. The van der Waals surface area contributed by atoms with Crippen molar-refractivity contribution in [3.8, 4) is 0 Å². The van der Waals surface area contributed by atoms with E-state index in [1.165, 1.54) is 10.5 Å². The first kappa shape index (κ1) is 16.0. The second-order valence-corrected chi connectivity index (χ2v) is 6.48. The fourth-order valence-corrected chi connectivity index (χ4v) is 2.87. The molecule has 21 heavy (non-hydrogen) atoms. The minimum Gasteiger partial charge on any atom is -0.310 e. The lowest BCUT2D eigenvalue weighted by Gasteiger charge is -2.13. The van der Waals surface area contributed by atoms with E-state index < -0.39 is 0 Å². The Hall–Kier alpha value is -1.39. The van der Waals surface area contributed by atoms with E-state index in [9.17, 15) is 0 Å². The molecular formula is C17H23N3S. The Morgan fingerprint density at radius 1 is 1.05 bits per heavy atom. The first-order valence-electron chi connectivity index (χ1n) is 7.30. The van der Waals surface area contributed by atoms with Crippen molar-refractivity contribution >= 4 is 11.8 Å². The number of thioether (sulfide) groups is 1. The molecule has 0 aliphatic rings. The van der Waals surface area contributed by atoms with E-state index in [1.807, 2.05) is 6.07 Å². The summed E-state index contributed by atoms with van der Waals surface area (Å²) in [5, 5.41) is 3.44. The number of hydrogen-bond donors (Lipinski definition) is 1. The van der Waals surface area contributed by atoms with Crippen LogP contribution in [0.1, 0.15) is 36.6 Å². The number of aromatic nitrogens is 2. The molecule has 0 saturated heterocycles. The normalized spacial score (nSPS) is 11.1. The van der Waals surface area contributed by atoms with E-state index in [-0.39, 0.29) is 0 Å². The Balaban J connectivity index is 2.05. The highest BCUT2D eigenvalue weighted by atomic mass is 32.2. The standard InChI is InChI=1S/C17H23N3S/c1-12(2)18-10-16-13(3)19-17(20-14(16)4)11-21-15-8-6-5-7-9-15/h5-9,12,18H,10-11H2,1-4H3. The largest absolute Gasteiger partial charge is 0.310 e. The van der Waals surface area contributed by atoms with Gasteiger partial charge in [-0.2, -0.15) is 0 Å². The van der Waals surface area contributed by atoms with Crippen molar-refractivity contribution in [3.05, 3.63) is 53.1 Å². The van der Waals surface area contributed by atoms with Crippen molar-refractivity contribution < 1.29 is 0 Å². The molecule has 1 heterocycles. The number of rotatable bonds is 6. The van der Waals surface area contributed by atoms with Gasteiger partial charge in [-0.1, -0.05) is 32.0 Å². The van der Waals surface area contributed by atoms with E-state index >= 15 is 0 Å². The molecule has 0 amide bonds. The zero-order valence-electron chi connectivity index (χ0n) is 13.2. The molecule has 112 valence electrons. The van der Waals surface area contributed by atoms with Gasteiger partial charge < -0.3 is 5.32 Å². The molecule has 0 saturated carbocycles. The highest BCUT2D eigenvalue weighted by Crippen LogP contribution is 2.21. The quantitative estimate of drug-likeness (QED) is 0.822. The van der Waals surface area contributed by atoms with Crippen LogP contribution in [0.25, 0.3) is 0 Å². The maximum Gasteiger partial charge on any atom is 0.139 e. The van der Waals surface area contributed by atoms with Gasteiger partial charge in [0.15, 0.2) is 0 Å². The molecule has 1 N–H and O–H groups in total. The monoisotopic (exact) mass is 301 g/mol. The molecule has 1 aromatic carbocycles. The number of nitrogens with one attached hydrogen (secondary N) is 1. The Bertz CT molecular complexity index is 559. The van der Waals surface area contributed by atoms with E-state index in [0.29, 0.717) is 6.04 Å². The van der Waals surface area contributed by atoms with Crippen LogP contribution in [0.3, 0.4) is 0 Å². The van der Waals surface area contributed by atoms with Gasteiger partial charge in [0, 0.05) is 34.4 Å². The molecular weight excluding hydrogens is 278 g/mol. The minimum atomic E-state index is 0.470.